The molecule has 0 bridgehead atoms. The first-order valence-electron chi connectivity index (χ1n) is 5.85. The van der Waals surface area contributed by atoms with E-state index in [4.69, 9.17) is 9.47 Å². The molecule has 0 aliphatic rings. The molecule has 0 rings (SSSR count). The molecule has 0 saturated carbocycles. The van der Waals surface area contributed by atoms with Gasteiger partial charge >= 0.3 is 11.9 Å². The summed E-state index contributed by atoms with van der Waals surface area (Å²) in [6, 6.07) is 0. The van der Waals surface area contributed by atoms with Crippen molar-refractivity contribution in [2.24, 2.45) is 0 Å². The van der Waals surface area contributed by atoms with Crippen LogP contribution >= 0.6 is 0 Å². The van der Waals surface area contributed by atoms with E-state index in [0.717, 1.165) is 19.3 Å². The van der Waals surface area contributed by atoms with Crippen LogP contribution < -0.4 is 0 Å². The summed E-state index contributed by atoms with van der Waals surface area (Å²) >= 11 is 0. The van der Waals surface area contributed by atoms with Crippen molar-refractivity contribution in [3.63, 3.8) is 0 Å². The Morgan fingerprint density at radius 1 is 1.12 bits per heavy atom. The highest BCUT2D eigenvalue weighted by molar-refractivity contribution is 5.70. The summed E-state index contributed by atoms with van der Waals surface area (Å²) < 4.78 is 10.1. The molecule has 0 amide bonds. The largest absolute Gasteiger partial charge is 0.423 e. The van der Waals surface area contributed by atoms with Crippen molar-refractivity contribution < 1.29 is 19.1 Å². The molecule has 4 heteroatoms. The molecule has 1 unspecified atom stereocenters. The van der Waals surface area contributed by atoms with Gasteiger partial charge < -0.3 is 9.47 Å². The minimum atomic E-state index is -1.12. The molecule has 16 heavy (non-hydrogen) atoms. The van der Waals surface area contributed by atoms with E-state index in [1.54, 1.807) is 6.92 Å². The van der Waals surface area contributed by atoms with Crippen molar-refractivity contribution >= 4 is 11.9 Å². The molecule has 0 spiro atoms. The van der Waals surface area contributed by atoms with E-state index in [1.165, 1.54) is 6.92 Å². The molecule has 94 valence electrons. The van der Waals surface area contributed by atoms with Gasteiger partial charge in [0.25, 0.3) is 5.79 Å². The molecule has 0 aliphatic carbocycles. The van der Waals surface area contributed by atoms with Crippen molar-refractivity contribution in [1.82, 2.24) is 0 Å². The summed E-state index contributed by atoms with van der Waals surface area (Å²) in [5.74, 6) is -1.86. The zero-order valence-corrected chi connectivity index (χ0v) is 10.7. The fourth-order valence-corrected chi connectivity index (χ4v) is 1.28. The van der Waals surface area contributed by atoms with Gasteiger partial charge in [0.1, 0.15) is 0 Å². The molecule has 0 radical (unpaired) electrons. The van der Waals surface area contributed by atoms with Gasteiger partial charge in [-0.1, -0.05) is 26.7 Å². The van der Waals surface area contributed by atoms with E-state index in [0.29, 0.717) is 12.8 Å². The van der Waals surface area contributed by atoms with Crippen LogP contribution in [0.1, 0.15) is 59.8 Å². The summed E-state index contributed by atoms with van der Waals surface area (Å²) in [6.07, 6.45) is 3.71. The average Bonchev–Trinajstić information content (AvgIpc) is 2.16. The van der Waals surface area contributed by atoms with Gasteiger partial charge in [0, 0.05) is 26.7 Å². The lowest BCUT2D eigenvalue weighted by molar-refractivity contribution is -0.222. The molecule has 4 nitrogen and oxygen atoms in total. The molecular formula is C12H22O4. The standard InChI is InChI=1S/C12H22O4/c1-5-7-8-9-11(14)16-12(4,6-2)15-10(3)13/h5-9H2,1-4H3. The fourth-order valence-electron chi connectivity index (χ4n) is 1.28. The van der Waals surface area contributed by atoms with Gasteiger partial charge in [-0.15, -0.1) is 0 Å². The highest BCUT2D eigenvalue weighted by Crippen LogP contribution is 2.18. The van der Waals surface area contributed by atoms with E-state index in [2.05, 4.69) is 6.92 Å². The third kappa shape index (κ3) is 6.43. The second kappa shape index (κ2) is 7.25. The summed E-state index contributed by atoms with van der Waals surface area (Å²) in [7, 11) is 0. The van der Waals surface area contributed by atoms with E-state index in [9.17, 15) is 9.59 Å². The maximum atomic E-state index is 11.5. The molecule has 0 aliphatic heterocycles. The highest BCUT2D eigenvalue weighted by Gasteiger charge is 2.29. The lowest BCUT2D eigenvalue weighted by Gasteiger charge is -2.27. The van der Waals surface area contributed by atoms with Crippen molar-refractivity contribution in [3.8, 4) is 0 Å². The predicted octanol–water partition coefficient (Wildman–Crippen LogP) is 2.80. The fraction of sp³-hybridized carbons (Fsp3) is 0.833. The Morgan fingerprint density at radius 3 is 2.19 bits per heavy atom. The van der Waals surface area contributed by atoms with Gasteiger partial charge in [0.05, 0.1) is 0 Å². The van der Waals surface area contributed by atoms with Gasteiger partial charge in [-0.3, -0.25) is 9.59 Å². The number of unbranched alkanes of at least 4 members (excludes halogenated alkanes) is 2. The number of rotatable bonds is 7. The van der Waals surface area contributed by atoms with Gasteiger partial charge in [-0.2, -0.15) is 0 Å². The van der Waals surface area contributed by atoms with E-state index >= 15 is 0 Å². The quantitative estimate of drug-likeness (QED) is 0.383. The highest BCUT2D eigenvalue weighted by atomic mass is 16.7. The summed E-state index contributed by atoms with van der Waals surface area (Å²) in [5.41, 5.74) is 0. The van der Waals surface area contributed by atoms with Crippen LogP contribution in [-0.2, 0) is 19.1 Å². The van der Waals surface area contributed by atoms with Crippen LogP contribution in [0, 0.1) is 0 Å². The summed E-state index contributed by atoms with van der Waals surface area (Å²) in [4.78, 5) is 22.3. The molecular weight excluding hydrogens is 208 g/mol. The van der Waals surface area contributed by atoms with Gasteiger partial charge in [0.15, 0.2) is 0 Å². The molecule has 1 atom stereocenters. The predicted molar refractivity (Wildman–Crippen MR) is 60.7 cm³/mol. The Kier molecular flexibility index (Phi) is 6.77. The van der Waals surface area contributed by atoms with Gasteiger partial charge in [-0.05, 0) is 6.42 Å². The zero-order valence-electron chi connectivity index (χ0n) is 10.7. The molecule has 0 aromatic carbocycles. The van der Waals surface area contributed by atoms with Crippen LogP contribution in [0.25, 0.3) is 0 Å². The lowest BCUT2D eigenvalue weighted by atomic mass is 10.2. The second-order valence-corrected chi connectivity index (χ2v) is 4.01. The Hall–Kier alpha value is -1.06. The number of ether oxygens (including phenoxy) is 2. The Labute approximate surface area is 97.3 Å². The zero-order chi connectivity index (χ0) is 12.6. The van der Waals surface area contributed by atoms with Gasteiger partial charge in [0.2, 0.25) is 0 Å². The lowest BCUT2D eigenvalue weighted by Crippen LogP contribution is -2.35. The maximum absolute atomic E-state index is 11.5. The van der Waals surface area contributed by atoms with Crippen molar-refractivity contribution in [2.75, 3.05) is 0 Å². The van der Waals surface area contributed by atoms with Crippen molar-refractivity contribution in [3.05, 3.63) is 0 Å². The molecule has 0 aromatic heterocycles. The molecule has 0 N–H and O–H groups in total. The Balaban J connectivity index is 4.09. The van der Waals surface area contributed by atoms with E-state index < -0.39 is 11.8 Å². The minimum absolute atomic E-state index is 0.306. The number of hydrogen-bond acceptors (Lipinski definition) is 4. The second-order valence-electron chi connectivity index (χ2n) is 4.01. The maximum Gasteiger partial charge on any atom is 0.309 e. The minimum Gasteiger partial charge on any atom is -0.423 e. The Morgan fingerprint density at radius 2 is 1.75 bits per heavy atom. The number of esters is 2. The van der Waals surface area contributed by atoms with Crippen molar-refractivity contribution in [2.45, 2.75) is 65.6 Å². The van der Waals surface area contributed by atoms with Crippen molar-refractivity contribution in [1.29, 1.82) is 0 Å². The number of carbonyl (C=O) groups is 2. The Bertz CT molecular complexity index is 237. The van der Waals surface area contributed by atoms with Crippen LogP contribution in [0.15, 0.2) is 0 Å². The normalized spacial score (nSPS) is 14.0. The molecule has 0 fully saturated rings. The summed E-state index contributed by atoms with van der Waals surface area (Å²) in [6.45, 7) is 6.79. The van der Waals surface area contributed by atoms with Crippen LogP contribution in [0.4, 0.5) is 0 Å². The molecule has 0 saturated heterocycles. The molecule has 0 aromatic rings. The van der Waals surface area contributed by atoms with Crippen LogP contribution in [0.5, 0.6) is 0 Å². The van der Waals surface area contributed by atoms with Crippen LogP contribution in [-0.4, -0.2) is 17.7 Å². The third-order valence-corrected chi connectivity index (χ3v) is 2.32. The SMILES string of the molecule is CCCCCC(=O)OC(C)(CC)OC(C)=O. The first-order valence-corrected chi connectivity index (χ1v) is 5.85. The number of hydrogen-bond donors (Lipinski definition) is 0. The monoisotopic (exact) mass is 230 g/mol. The topological polar surface area (TPSA) is 52.6 Å². The first kappa shape index (κ1) is 14.9. The average molecular weight is 230 g/mol. The van der Waals surface area contributed by atoms with Crippen LogP contribution in [0.2, 0.25) is 0 Å². The molecule has 0 heterocycles. The first-order chi connectivity index (χ1) is 7.43. The van der Waals surface area contributed by atoms with E-state index in [-0.39, 0.29) is 5.97 Å². The summed E-state index contributed by atoms with van der Waals surface area (Å²) in [5, 5.41) is 0. The smallest absolute Gasteiger partial charge is 0.309 e. The van der Waals surface area contributed by atoms with Crippen LogP contribution in [0.3, 0.4) is 0 Å². The third-order valence-electron chi connectivity index (χ3n) is 2.32. The van der Waals surface area contributed by atoms with E-state index in [1.807, 2.05) is 6.92 Å². The van der Waals surface area contributed by atoms with Gasteiger partial charge in [-0.25, -0.2) is 0 Å². The number of carbonyl (C=O) groups excluding carboxylic acids is 2.